The third-order valence-electron chi connectivity index (χ3n) is 2.35. The molecule has 0 amide bonds. The number of aromatic nitrogens is 1. The summed E-state index contributed by atoms with van der Waals surface area (Å²) >= 11 is 0. The molecule has 0 saturated carbocycles. The van der Waals surface area contributed by atoms with Crippen molar-refractivity contribution in [3.8, 4) is 0 Å². The van der Waals surface area contributed by atoms with Gasteiger partial charge >= 0.3 is 0 Å². The monoisotopic (exact) mass is 138 g/mol. The fourth-order valence-electron chi connectivity index (χ4n) is 1.15. The van der Waals surface area contributed by atoms with Crippen molar-refractivity contribution < 1.29 is 0 Å². The number of nitrogens with zero attached hydrogens (tertiary/aromatic N) is 1. The van der Waals surface area contributed by atoms with Crippen molar-refractivity contribution in [2.45, 2.75) is 20.8 Å². The molecule has 0 radical (unpaired) electrons. The van der Waals surface area contributed by atoms with Crippen molar-refractivity contribution in [3.05, 3.63) is 16.8 Å². The molecule has 2 heteroatoms. The van der Waals surface area contributed by atoms with Crippen molar-refractivity contribution in [2.75, 3.05) is 5.73 Å². The second-order valence-corrected chi connectivity index (χ2v) is 2.78. The molecule has 0 saturated heterocycles. The van der Waals surface area contributed by atoms with Gasteiger partial charge in [-0.1, -0.05) is 0 Å². The molecule has 0 aliphatic carbocycles. The van der Waals surface area contributed by atoms with Crippen LogP contribution in [0.4, 0.5) is 5.82 Å². The molecule has 56 valence electrons. The van der Waals surface area contributed by atoms with Gasteiger partial charge in [0.1, 0.15) is 5.82 Å². The first kappa shape index (κ1) is 7.19. The minimum atomic E-state index is 0.884. The summed E-state index contributed by atoms with van der Waals surface area (Å²) in [7, 11) is 1.99. The number of hydrogen-bond donors (Lipinski definition) is 1. The van der Waals surface area contributed by atoms with Gasteiger partial charge < -0.3 is 10.3 Å². The zero-order valence-corrected chi connectivity index (χ0v) is 7.02. The first-order chi connectivity index (χ1) is 4.55. The fraction of sp³-hybridized carbons (Fsp3) is 0.500. The highest BCUT2D eigenvalue weighted by molar-refractivity contribution is 5.49. The lowest BCUT2D eigenvalue weighted by molar-refractivity contribution is 0.888. The van der Waals surface area contributed by atoms with E-state index in [-0.39, 0.29) is 0 Å². The van der Waals surface area contributed by atoms with Gasteiger partial charge in [0.15, 0.2) is 0 Å². The third kappa shape index (κ3) is 0.719. The van der Waals surface area contributed by atoms with Crippen LogP contribution in [-0.4, -0.2) is 4.57 Å². The molecule has 1 aromatic heterocycles. The number of rotatable bonds is 0. The molecule has 0 aliphatic rings. The molecular formula is C8H14N2. The summed E-state index contributed by atoms with van der Waals surface area (Å²) in [5, 5.41) is 0. The van der Waals surface area contributed by atoms with Gasteiger partial charge in [0.25, 0.3) is 0 Å². The summed E-state index contributed by atoms with van der Waals surface area (Å²) in [6, 6.07) is 0. The molecule has 1 rings (SSSR count). The maximum Gasteiger partial charge on any atom is 0.106 e. The van der Waals surface area contributed by atoms with E-state index in [2.05, 4.69) is 20.8 Å². The van der Waals surface area contributed by atoms with E-state index in [1.54, 1.807) is 0 Å². The van der Waals surface area contributed by atoms with Crippen molar-refractivity contribution in [1.82, 2.24) is 4.57 Å². The molecule has 0 aliphatic heterocycles. The molecule has 2 nitrogen and oxygen atoms in total. The van der Waals surface area contributed by atoms with Gasteiger partial charge in [0.2, 0.25) is 0 Å². The minimum Gasteiger partial charge on any atom is -0.385 e. The van der Waals surface area contributed by atoms with Crippen molar-refractivity contribution in [1.29, 1.82) is 0 Å². The normalized spacial score (nSPS) is 10.4. The number of hydrogen-bond acceptors (Lipinski definition) is 1. The molecule has 2 N–H and O–H groups in total. The van der Waals surface area contributed by atoms with Crippen LogP contribution in [0.1, 0.15) is 16.8 Å². The Hall–Kier alpha value is -0.920. The van der Waals surface area contributed by atoms with E-state index in [1.807, 2.05) is 11.6 Å². The first-order valence-corrected chi connectivity index (χ1v) is 3.43. The highest BCUT2D eigenvalue weighted by atomic mass is 15.0. The summed E-state index contributed by atoms with van der Waals surface area (Å²) in [4.78, 5) is 0. The lowest BCUT2D eigenvalue weighted by atomic mass is 10.2. The zero-order chi connectivity index (χ0) is 7.89. The Balaban J connectivity index is 3.44. The van der Waals surface area contributed by atoms with Crippen molar-refractivity contribution >= 4 is 5.82 Å². The van der Waals surface area contributed by atoms with Gasteiger partial charge in [0, 0.05) is 12.7 Å². The number of anilines is 1. The zero-order valence-electron chi connectivity index (χ0n) is 7.02. The van der Waals surface area contributed by atoms with Crippen LogP contribution in [0.5, 0.6) is 0 Å². The molecule has 1 heterocycles. The number of nitrogens with two attached hydrogens (primary N) is 1. The van der Waals surface area contributed by atoms with Crippen LogP contribution in [0.25, 0.3) is 0 Å². The quantitative estimate of drug-likeness (QED) is 0.579. The molecule has 0 atom stereocenters. The van der Waals surface area contributed by atoms with Gasteiger partial charge in [-0.05, 0) is 31.9 Å². The highest BCUT2D eigenvalue weighted by Gasteiger charge is 2.06. The van der Waals surface area contributed by atoms with Crippen LogP contribution in [0.15, 0.2) is 0 Å². The Morgan fingerprint density at radius 2 is 1.60 bits per heavy atom. The molecule has 0 aromatic carbocycles. The van der Waals surface area contributed by atoms with E-state index in [4.69, 9.17) is 5.73 Å². The van der Waals surface area contributed by atoms with Crippen molar-refractivity contribution in [3.63, 3.8) is 0 Å². The summed E-state index contributed by atoms with van der Waals surface area (Å²) in [5.74, 6) is 0.884. The average Bonchev–Trinajstić information content (AvgIpc) is 2.07. The molecular weight excluding hydrogens is 124 g/mol. The van der Waals surface area contributed by atoms with Crippen LogP contribution < -0.4 is 5.73 Å². The van der Waals surface area contributed by atoms with E-state index in [9.17, 15) is 0 Å². The fourth-order valence-corrected chi connectivity index (χ4v) is 1.15. The maximum atomic E-state index is 5.77. The van der Waals surface area contributed by atoms with Crippen LogP contribution >= 0.6 is 0 Å². The molecule has 0 fully saturated rings. The molecule has 0 unspecified atom stereocenters. The third-order valence-corrected chi connectivity index (χ3v) is 2.35. The second kappa shape index (κ2) is 2.04. The molecule has 0 bridgehead atoms. The van der Waals surface area contributed by atoms with Crippen LogP contribution in [-0.2, 0) is 7.05 Å². The Morgan fingerprint density at radius 1 is 1.10 bits per heavy atom. The lowest BCUT2D eigenvalue weighted by Gasteiger charge is -1.97. The molecule has 0 spiro atoms. The van der Waals surface area contributed by atoms with E-state index >= 15 is 0 Å². The topological polar surface area (TPSA) is 30.9 Å². The van der Waals surface area contributed by atoms with E-state index in [1.165, 1.54) is 16.8 Å². The Morgan fingerprint density at radius 3 is 1.70 bits per heavy atom. The number of nitrogen functional groups attached to an aromatic ring is 1. The van der Waals surface area contributed by atoms with Crippen LogP contribution in [0.3, 0.4) is 0 Å². The van der Waals surface area contributed by atoms with Crippen LogP contribution in [0.2, 0.25) is 0 Å². The van der Waals surface area contributed by atoms with Gasteiger partial charge in [-0.25, -0.2) is 0 Å². The SMILES string of the molecule is Cc1c(C)c(N)n(C)c1C. The second-order valence-electron chi connectivity index (χ2n) is 2.78. The van der Waals surface area contributed by atoms with Gasteiger partial charge in [-0.3, -0.25) is 0 Å². The Kier molecular flexibility index (Phi) is 1.47. The largest absolute Gasteiger partial charge is 0.385 e. The lowest BCUT2D eigenvalue weighted by Crippen LogP contribution is -1.97. The van der Waals surface area contributed by atoms with Gasteiger partial charge in [-0.2, -0.15) is 0 Å². The van der Waals surface area contributed by atoms with Gasteiger partial charge in [0.05, 0.1) is 0 Å². The van der Waals surface area contributed by atoms with E-state index in [0.717, 1.165) is 5.82 Å². The predicted molar refractivity (Wildman–Crippen MR) is 44.0 cm³/mol. The van der Waals surface area contributed by atoms with Gasteiger partial charge in [-0.15, -0.1) is 0 Å². The molecule has 1 aromatic rings. The Labute approximate surface area is 61.7 Å². The standard InChI is InChI=1S/C8H14N2/c1-5-6(2)8(9)10(4)7(5)3/h9H2,1-4H3. The smallest absolute Gasteiger partial charge is 0.106 e. The summed E-state index contributed by atoms with van der Waals surface area (Å²) in [6.07, 6.45) is 0. The minimum absolute atomic E-state index is 0.884. The molecule has 10 heavy (non-hydrogen) atoms. The van der Waals surface area contributed by atoms with Crippen molar-refractivity contribution in [2.24, 2.45) is 7.05 Å². The van der Waals surface area contributed by atoms with Crippen LogP contribution in [0, 0.1) is 20.8 Å². The highest BCUT2D eigenvalue weighted by Crippen LogP contribution is 2.20. The first-order valence-electron chi connectivity index (χ1n) is 3.43. The Bertz CT molecular complexity index is 178. The van der Waals surface area contributed by atoms with E-state index < -0.39 is 0 Å². The predicted octanol–water partition coefficient (Wildman–Crippen LogP) is 1.53. The van der Waals surface area contributed by atoms with E-state index in [0.29, 0.717) is 0 Å². The maximum absolute atomic E-state index is 5.77. The summed E-state index contributed by atoms with van der Waals surface area (Å²) in [6.45, 7) is 6.23. The summed E-state index contributed by atoms with van der Waals surface area (Å²) < 4.78 is 2.02. The summed E-state index contributed by atoms with van der Waals surface area (Å²) in [5.41, 5.74) is 9.54. The average molecular weight is 138 g/mol.